The molecule has 0 saturated heterocycles. The highest BCUT2D eigenvalue weighted by atomic mass is 16.3. The van der Waals surface area contributed by atoms with Gasteiger partial charge in [-0.2, -0.15) is 0 Å². The van der Waals surface area contributed by atoms with Crippen LogP contribution in [0.4, 0.5) is 0 Å². The lowest BCUT2D eigenvalue weighted by Gasteiger charge is -2.64. The van der Waals surface area contributed by atoms with Crippen molar-refractivity contribution in [3.8, 4) is 0 Å². The van der Waals surface area contributed by atoms with E-state index in [9.17, 15) is 10.2 Å². The van der Waals surface area contributed by atoms with Crippen molar-refractivity contribution in [2.45, 2.75) is 65.2 Å². The molecule has 4 rings (SSSR count). The normalized spacial score (nSPS) is 56.5. The molecule has 22 heavy (non-hydrogen) atoms. The average Bonchev–Trinajstić information content (AvgIpc) is 2.79. The van der Waals surface area contributed by atoms with Gasteiger partial charge in [-0.1, -0.05) is 32.4 Å². The molecule has 0 radical (unpaired) electrons. The largest absolute Gasteiger partial charge is 0.396 e. The highest BCUT2D eigenvalue weighted by molar-refractivity contribution is 5.26. The molecule has 2 bridgehead atoms. The third-order valence-electron chi connectivity index (χ3n) is 8.55. The summed E-state index contributed by atoms with van der Waals surface area (Å²) in [6.07, 6.45) is 14.8. The van der Waals surface area contributed by atoms with Crippen LogP contribution in [0.1, 0.15) is 65.2 Å². The molecule has 0 aliphatic heterocycles. The average molecular weight is 304 g/mol. The minimum Gasteiger partial charge on any atom is -0.396 e. The molecule has 1 spiro atoms. The lowest BCUT2D eigenvalue weighted by molar-refractivity contribution is -0.158. The highest BCUT2D eigenvalue weighted by Gasteiger charge is 2.63. The molecule has 2 nitrogen and oxygen atoms in total. The van der Waals surface area contributed by atoms with Crippen LogP contribution in [0, 0.1) is 33.5 Å². The summed E-state index contributed by atoms with van der Waals surface area (Å²) in [5, 5.41) is 19.9. The molecular formula is C20H32O2. The van der Waals surface area contributed by atoms with Crippen molar-refractivity contribution < 1.29 is 10.2 Å². The monoisotopic (exact) mass is 304 g/mol. The summed E-state index contributed by atoms with van der Waals surface area (Å²) < 4.78 is 0. The quantitative estimate of drug-likeness (QED) is 0.759. The molecule has 4 aliphatic rings. The molecule has 124 valence electrons. The SMILES string of the molecule is C[C@@]1(CO)CCC[C@]2(C)[C@@H]1CC[C@@]13C=C[C@@](CO)(CC[C@H]12)C3. The zero-order valence-electron chi connectivity index (χ0n) is 14.3. The first-order chi connectivity index (χ1) is 10.4. The fraction of sp³-hybridized carbons (Fsp3) is 0.900. The summed E-state index contributed by atoms with van der Waals surface area (Å²) in [6.45, 7) is 5.54. The Morgan fingerprint density at radius 2 is 1.68 bits per heavy atom. The Hall–Kier alpha value is -0.340. The molecule has 0 unspecified atom stereocenters. The fourth-order valence-corrected chi connectivity index (χ4v) is 7.48. The zero-order chi connectivity index (χ0) is 15.6. The maximum absolute atomic E-state index is 10.1. The second-order valence-electron chi connectivity index (χ2n) is 9.62. The van der Waals surface area contributed by atoms with E-state index < -0.39 is 0 Å². The first-order valence-electron chi connectivity index (χ1n) is 9.34. The maximum Gasteiger partial charge on any atom is 0.0522 e. The van der Waals surface area contributed by atoms with Crippen LogP contribution in [0.5, 0.6) is 0 Å². The Bertz CT molecular complexity index is 500. The van der Waals surface area contributed by atoms with Gasteiger partial charge < -0.3 is 10.2 Å². The number of hydrogen-bond donors (Lipinski definition) is 2. The molecule has 0 amide bonds. The molecule has 2 N–H and O–H groups in total. The van der Waals surface area contributed by atoms with E-state index in [0.29, 0.717) is 30.0 Å². The van der Waals surface area contributed by atoms with Gasteiger partial charge in [-0.25, -0.2) is 0 Å². The van der Waals surface area contributed by atoms with Crippen LogP contribution in [0.3, 0.4) is 0 Å². The minimum absolute atomic E-state index is 0.0919. The molecule has 4 aliphatic carbocycles. The first-order valence-corrected chi connectivity index (χ1v) is 9.34. The number of hydrogen-bond acceptors (Lipinski definition) is 2. The predicted octanol–water partition coefficient (Wildman–Crippen LogP) is 3.92. The van der Waals surface area contributed by atoms with Crippen molar-refractivity contribution in [3.63, 3.8) is 0 Å². The topological polar surface area (TPSA) is 40.5 Å². The number of allylic oxidation sites excluding steroid dienone is 1. The van der Waals surface area contributed by atoms with Crippen LogP contribution in [0.25, 0.3) is 0 Å². The summed E-state index contributed by atoms with van der Waals surface area (Å²) in [7, 11) is 0. The van der Waals surface area contributed by atoms with Gasteiger partial charge >= 0.3 is 0 Å². The summed E-state index contributed by atoms with van der Waals surface area (Å²) in [5.41, 5.74) is 0.946. The number of aliphatic hydroxyl groups excluding tert-OH is 2. The van der Waals surface area contributed by atoms with Crippen molar-refractivity contribution >= 4 is 0 Å². The van der Waals surface area contributed by atoms with Gasteiger partial charge in [-0.15, -0.1) is 0 Å². The van der Waals surface area contributed by atoms with Crippen molar-refractivity contribution in [2.75, 3.05) is 13.2 Å². The lowest BCUT2D eigenvalue weighted by atomic mass is 9.40. The van der Waals surface area contributed by atoms with Crippen molar-refractivity contribution in [1.29, 1.82) is 0 Å². The van der Waals surface area contributed by atoms with Crippen LogP contribution < -0.4 is 0 Å². The number of rotatable bonds is 2. The smallest absolute Gasteiger partial charge is 0.0522 e. The van der Waals surface area contributed by atoms with Gasteiger partial charge in [0.15, 0.2) is 0 Å². The van der Waals surface area contributed by atoms with E-state index >= 15 is 0 Å². The van der Waals surface area contributed by atoms with Gasteiger partial charge in [0, 0.05) is 12.0 Å². The van der Waals surface area contributed by atoms with E-state index in [2.05, 4.69) is 26.0 Å². The standard InChI is InChI=1S/C20H32O2/c1-17(13-21)6-3-7-18(2)15(17)5-9-20-11-10-19(12-20,14-22)8-4-16(18)20/h10-11,15-16,21-22H,3-9,12-14H2,1-2H3/t15-,16+,17+,18-,19+,20+/m1/s1. The van der Waals surface area contributed by atoms with Gasteiger partial charge in [0.25, 0.3) is 0 Å². The van der Waals surface area contributed by atoms with E-state index in [4.69, 9.17) is 0 Å². The minimum atomic E-state index is 0.0919. The van der Waals surface area contributed by atoms with Gasteiger partial charge in [-0.05, 0) is 73.0 Å². The first kappa shape index (κ1) is 15.2. The van der Waals surface area contributed by atoms with E-state index in [0.717, 1.165) is 12.3 Å². The second-order valence-corrected chi connectivity index (χ2v) is 9.62. The molecule has 6 atom stereocenters. The summed E-state index contributed by atoms with van der Waals surface area (Å²) in [4.78, 5) is 0. The van der Waals surface area contributed by atoms with Crippen LogP contribution in [0.2, 0.25) is 0 Å². The van der Waals surface area contributed by atoms with Crippen LogP contribution in [-0.4, -0.2) is 23.4 Å². The number of aliphatic hydroxyl groups is 2. The Balaban J connectivity index is 1.72. The highest BCUT2D eigenvalue weighted by Crippen LogP contribution is 2.71. The molecule has 0 aromatic heterocycles. The van der Waals surface area contributed by atoms with Crippen molar-refractivity contribution in [1.82, 2.24) is 0 Å². The third kappa shape index (κ3) is 1.74. The molecule has 0 aromatic carbocycles. The van der Waals surface area contributed by atoms with Gasteiger partial charge in [0.05, 0.1) is 6.61 Å². The maximum atomic E-state index is 10.1. The molecular weight excluding hydrogens is 272 g/mol. The molecule has 3 saturated carbocycles. The predicted molar refractivity (Wildman–Crippen MR) is 88.3 cm³/mol. The van der Waals surface area contributed by atoms with E-state index in [-0.39, 0.29) is 10.8 Å². The third-order valence-corrected chi connectivity index (χ3v) is 8.55. The van der Waals surface area contributed by atoms with Gasteiger partial charge in [-0.3, -0.25) is 0 Å². The summed E-state index contributed by atoms with van der Waals surface area (Å²) in [6, 6.07) is 0. The Morgan fingerprint density at radius 3 is 2.41 bits per heavy atom. The number of fused-ring (bicyclic) bond motifs is 3. The Labute approximate surface area is 135 Å². The molecule has 3 fully saturated rings. The second kappa shape index (κ2) is 4.60. The fourth-order valence-electron chi connectivity index (χ4n) is 7.48. The summed E-state index contributed by atoms with van der Waals surface area (Å²) in [5.74, 6) is 1.42. The Morgan fingerprint density at radius 1 is 0.909 bits per heavy atom. The molecule has 0 heterocycles. The van der Waals surface area contributed by atoms with E-state index in [1.54, 1.807) is 0 Å². The van der Waals surface area contributed by atoms with Crippen LogP contribution in [-0.2, 0) is 0 Å². The van der Waals surface area contributed by atoms with E-state index in [1.165, 1.54) is 44.9 Å². The molecule has 0 aromatic rings. The molecule has 2 heteroatoms. The summed E-state index contributed by atoms with van der Waals surface area (Å²) >= 11 is 0. The van der Waals surface area contributed by atoms with Crippen LogP contribution in [0.15, 0.2) is 12.2 Å². The van der Waals surface area contributed by atoms with Crippen molar-refractivity contribution in [3.05, 3.63) is 12.2 Å². The van der Waals surface area contributed by atoms with Gasteiger partial charge in [0.1, 0.15) is 0 Å². The lowest BCUT2D eigenvalue weighted by Crippen LogP contribution is -2.58. The van der Waals surface area contributed by atoms with Crippen molar-refractivity contribution in [2.24, 2.45) is 33.5 Å². The zero-order valence-corrected chi connectivity index (χ0v) is 14.3. The van der Waals surface area contributed by atoms with Gasteiger partial charge in [0.2, 0.25) is 0 Å². The van der Waals surface area contributed by atoms with Crippen LogP contribution >= 0.6 is 0 Å². The Kier molecular flexibility index (Phi) is 3.18. The van der Waals surface area contributed by atoms with E-state index in [1.807, 2.05) is 0 Å².